The molecule has 0 atom stereocenters. The Bertz CT molecular complexity index is 164. The second-order valence-corrected chi connectivity index (χ2v) is 5.58. The average Bonchev–Trinajstić information content (AvgIpc) is 2.98. The largest absolute Gasteiger partial charge is 0.381 e. The molecule has 90 valence electrons. The first-order chi connectivity index (χ1) is 7.14. The second kappa shape index (κ2) is 6.49. The van der Waals surface area contributed by atoms with Gasteiger partial charge < -0.3 is 10.1 Å². The molecule has 0 radical (unpaired) electrons. The van der Waals surface area contributed by atoms with Gasteiger partial charge in [0.05, 0.1) is 6.61 Å². The topological polar surface area (TPSA) is 21.3 Å². The first kappa shape index (κ1) is 13.0. The van der Waals surface area contributed by atoms with Crippen LogP contribution >= 0.6 is 0 Å². The van der Waals surface area contributed by atoms with E-state index in [1.165, 1.54) is 32.1 Å². The van der Waals surface area contributed by atoms with E-state index in [0.29, 0.717) is 0 Å². The van der Waals surface area contributed by atoms with Crippen LogP contribution in [0.15, 0.2) is 0 Å². The lowest BCUT2D eigenvalue weighted by Gasteiger charge is -2.24. The number of hydrogen-bond acceptors (Lipinski definition) is 2. The number of rotatable bonds is 9. The Hall–Kier alpha value is -0.0800. The van der Waals surface area contributed by atoms with Crippen molar-refractivity contribution in [3.05, 3.63) is 0 Å². The Morgan fingerprint density at radius 3 is 2.60 bits per heavy atom. The summed E-state index contributed by atoms with van der Waals surface area (Å²) < 4.78 is 5.71. The Kier molecular flexibility index (Phi) is 5.62. The Morgan fingerprint density at radius 2 is 2.00 bits per heavy atom. The van der Waals surface area contributed by atoms with Crippen molar-refractivity contribution >= 4 is 0 Å². The van der Waals surface area contributed by atoms with Crippen LogP contribution in [0.5, 0.6) is 0 Å². The average molecular weight is 213 g/mol. The lowest BCUT2D eigenvalue weighted by Crippen LogP contribution is -2.34. The van der Waals surface area contributed by atoms with Gasteiger partial charge in [0.1, 0.15) is 0 Å². The molecule has 0 saturated heterocycles. The molecule has 0 heterocycles. The van der Waals surface area contributed by atoms with Gasteiger partial charge in [0.2, 0.25) is 0 Å². The normalized spacial score (nSPS) is 17.0. The first-order valence-electron chi connectivity index (χ1n) is 6.45. The van der Waals surface area contributed by atoms with E-state index in [1.54, 1.807) is 0 Å². The van der Waals surface area contributed by atoms with E-state index in [4.69, 9.17) is 4.74 Å². The monoisotopic (exact) mass is 213 g/mol. The number of unbranched alkanes of at least 4 members (excludes halogenated alkanes) is 2. The van der Waals surface area contributed by atoms with Gasteiger partial charge in [-0.05, 0) is 19.3 Å². The molecule has 15 heavy (non-hydrogen) atoms. The first-order valence-corrected chi connectivity index (χ1v) is 6.45. The van der Waals surface area contributed by atoms with Gasteiger partial charge in [0, 0.05) is 24.6 Å². The van der Waals surface area contributed by atoms with Crippen LogP contribution in [-0.2, 0) is 4.74 Å². The van der Waals surface area contributed by atoms with E-state index in [-0.39, 0.29) is 5.41 Å². The van der Waals surface area contributed by atoms with Crippen molar-refractivity contribution < 1.29 is 4.74 Å². The summed E-state index contributed by atoms with van der Waals surface area (Å²) in [6, 6.07) is 0.810. The smallest absolute Gasteiger partial charge is 0.0529 e. The van der Waals surface area contributed by atoms with Crippen LogP contribution in [0, 0.1) is 5.41 Å². The van der Waals surface area contributed by atoms with E-state index in [1.807, 2.05) is 0 Å². The van der Waals surface area contributed by atoms with Crippen molar-refractivity contribution in [3.63, 3.8) is 0 Å². The number of hydrogen-bond donors (Lipinski definition) is 1. The van der Waals surface area contributed by atoms with Gasteiger partial charge >= 0.3 is 0 Å². The molecule has 0 spiro atoms. The molecule has 2 nitrogen and oxygen atoms in total. The minimum atomic E-state index is 0.287. The fourth-order valence-electron chi connectivity index (χ4n) is 1.56. The molecule has 1 aliphatic carbocycles. The highest BCUT2D eigenvalue weighted by molar-refractivity contribution is 4.83. The van der Waals surface area contributed by atoms with Crippen LogP contribution in [0.25, 0.3) is 0 Å². The van der Waals surface area contributed by atoms with Gasteiger partial charge in [-0.25, -0.2) is 0 Å². The fourth-order valence-corrected chi connectivity index (χ4v) is 1.56. The lowest BCUT2D eigenvalue weighted by molar-refractivity contribution is 0.0597. The van der Waals surface area contributed by atoms with E-state index in [9.17, 15) is 0 Å². The molecular weight excluding hydrogens is 186 g/mol. The summed E-state index contributed by atoms with van der Waals surface area (Å²) >= 11 is 0. The highest BCUT2D eigenvalue weighted by Crippen LogP contribution is 2.21. The third-order valence-corrected chi connectivity index (χ3v) is 2.83. The quantitative estimate of drug-likeness (QED) is 0.595. The predicted molar refractivity (Wildman–Crippen MR) is 65.1 cm³/mol. The van der Waals surface area contributed by atoms with Crippen LogP contribution in [0.1, 0.15) is 52.9 Å². The van der Waals surface area contributed by atoms with Gasteiger partial charge in [-0.3, -0.25) is 0 Å². The molecule has 0 aromatic carbocycles. The van der Waals surface area contributed by atoms with Crippen LogP contribution in [0.4, 0.5) is 0 Å². The summed E-state index contributed by atoms with van der Waals surface area (Å²) in [7, 11) is 0. The van der Waals surface area contributed by atoms with Crippen LogP contribution < -0.4 is 5.32 Å². The Labute approximate surface area is 94.8 Å². The van der Waals surface area contributed by atoms with Crippen molar-refractivity contribution in [2.45, 2.75) is 58.9 Å². The summed E-state index contributed by atoms with van der Waals surface area (Å²) in [6.45, 7) is 9.69. The zero-order chi connectivity index (χ0) is 11.1. The third kappa shape index (κ3) is 6.91. The molecular formula is C13H27NO. The molecule has 1 fully saturated rings. The van der Waals surface area contributed by atoms with Gasteiger partial charge in [-0.15, -0.1) is 0 Å². The van der Waals surface area contributed by atoms with Gasteiger partial charge in [-0.2, -0.15) is 0 Å². The molecule has 1 aliphatic rings. The summed E-state index contributed by atoms with van der Waals surface area (Å²) in [5.41, 5.74) is 0.287. The maximum atomic E-state index is 5.71. The van der Waals surface area contributed by atoms with E-state index < -0.39 is 0 Å². The molecule has 1 N–H and O–H groups in total. The van der Waals surface area contributed by atoms with Crippen LogP contribution in [0.3, 0.4) is 0 Å². The molecule has 0 aromatic rings. The summed E-state index contributed by atoms with van der Waals surface area (Å²) in [6.07, 6.45) is 6.51. The molecule has 0 bridgehead atoms. The van der Waals surface area contributed by atoms with E-state index in [2.05, 4.69) is 26.1 Å². The van der Waals surface area contributed by atoms with Crippen molar-refractivity contribution in [1.29, 1.82) is 0 Å². The van der Waals surface area contributed by atoms with Crippen LogP contribution in [-0.4, -0.2) is 25.8 Å². The fraction of sp³-hybridized carbons (Fsp3) is 1.00. The van der Waals surface area contributed by atoms with E-state index >= 15 is 0 Å². The minimum Gasteiger partial charge on any atom is -0.381 e. The number of ether oxygens (including phenoxy) is 1. The molecule has 1 rings (SSSR count). The van der Waals surface area contributed by atoms with Crippen molar-refractivity contribution in [1.82, 2.24) is 5.32 Å². The van der Waals surface area contributed by atoms with Crippen LogP contribution in [0.2, 0.25) is 0 Å². The maximum absolute atomic E-state index is 5.71. The molecule has 0 aromatic heterocycles. The highest BCUT2D eigenvalue weighted by Gasteiger charge is 2.25. The highest BCUT2D eigenvalue weighted by atomic mass is 16.5. The molecule has 2 heteroatoms. The molecule has 0 unspecified atom stereocenters. The van der Waals surface area contributed by atoms with Gasteiger partial charge in [0.15, 0.2) is 0 Å². The zero-order valence-corrected chi connectivity index (χ0v) is 10.6. The van der Waals surface area contributed by atoms with E-state index in [0.717, 1.165) is 25.8 Å². The second-order valence-electron chi connectivity index (χ2n) is 5.58. The Morgan fingerprint density at radius 1 is 1.27 bits per heavy atom. The van der Waals surface area contributed by atoms with Crippen molar-refractivity contribution in [3.8, 4) is 0 Å². The SMILES string of the molecule is CCCCCOCC(C)(C)CNC1CC1. The summed E-state index contributed by atoms with van der Waals surface area (Å²) in [4.78, 5) is 0. The van der Waals surface area contributed by atoms with Crippen molar-refractivity contribution in [2.24, 2.45) is 5.41 Å². The van der Waals surface area contributed by atoms with Gasteiger partial charge in [-0.1, -0.05) is 33.6 Å². The zero-order valence-electron chi connectivity index (χ0n) is 10.6. The lowest BCUT2D eigenvalue weighted by atomic mass is 9.95. The summed E-state index contributed by atoms with van der Waals surface area (Å²) in [5, 5.41) is 3.57. The molecule has 0 aliphatic heterocycles. The van der Waals surface area contributed by atoms with Gasteiger partial charge in [0.25, 0.3) is 0 Å². The van der Waals surface area contributed by atoms with Crippen molar-refractivity contribution in [2.75, 3.05) is 19.8 Å². The molecule has 1 saturated carbocycles. The predicted octanol–water partition coefficient (Wildman–Crippen LogP) is 2.97. The number of nitrogens with one attached hydrogen (secondary N) is 1. The maximum Gasteiger partial charge on any atom is 0.0529 e. The minimum absolute atomic E-state index is 0.287. The Balaban J connectivity index is 1.95. The molecule has 0 amide bonds. The summed E-state index contributed by atoms with van der Waals surface area (Å²) in [5.74, 6) is 0. The third-order valence-electron chi connectivity index (χ3n) is 2.83. The standard InChI is InChI=1S/C13H27NO/c1-4-5-6-9-15-11-13(2,3)10-14-12-7-8-12/h12,14H,4-11H2,1-3H3.